The third kappa shape index (κ3) is 8.32. The number of likely N-dealkylation sites (tertiary alicyclic amines) is 1. The highest BCUT2D eigenvalue weighted by atomic mass is 32.2. The average Bonchev–Trinajstić information content (AvgIpc) is 3.29. The molecule has 1 fully saturated rings. The highest BCUT2D eigenvalue weighted by Gasteiger charge is 2.12. The first kappa shape index (κ1) is 23.2. The fraction of sp³-hybridized carbons (Fsp3) is 0.435. The zero-order valence-corrected chi connectivity index (χ0v) is 19.0. The fourth-order valence-corrected chi connectivity index (χ4v) is 4.43. The number of rotatable bonds is 10. The van der Waals surface area contributed by atoms with Crippen molar-refractivity contribution in [3.63, 3.8) is 0 Å². The van der Waals surface area contributed by atoms with E-state index < -0.39 is 10.0 Å². The Balaban J connectivity index is 1.37. The molecule has 2 aromatic carbocycles. The van der Waals surface area contributed by atoms with E-state index in [2.05, 4.69) is 49.5 Å². The Hall–Kier alpha value is -2.42. The maximum absolute atomic E-state index is 12.2. The molecule has 7 nitrogen and oxygen atoms in total. The molecule has 31 heavy (non-hydrogen) atoms. The van der Waals surface area contributed by atoms with E-state index >= 15 is 0 Å². The summed E-state index contributed by atoms with van der Waals surface area (Å²) in [6, 6.07) is 18.1. The van der Waals surface area contributed by atoms with Crippen molar-refractivity contribution in [2.45, 2.75) is 32.5 Å². The number of nitrogens with zero attached hydrogens (tertiary/aromatic N) is 2. The topological polar surface area (TPSA) is 85.8 Å². The molecule has 168 valence electrons. The molecule has 0 radical (unpaired) electrons. The number of hydrogen-bond donors (Lipinski definition) is 3. The van der Waals surface area contributed by atoms with Gasteiger partial charge in [-0.05, 0) is 42.6 Å². The summed E-state index contributed by atoms with van der Waals surface area (Å²) in [7, 11) is -1.69. The number of aliphatic imine (C=N–C) groups is 1. The van der Waals surface area contributed by atoms with Gasteiger partial charge in [-0.3, -0.25) is 9.89 Å². The minimum atomic E-state index is -3.36. The van der Waals surface area contributed by atoms with Crippen LogP contribution in [-0.4, -0.2) is 51.7 Å². The Morgan fingerprint density at radius 1 is 0.903 bits per heavy atom. The van der Waals surface area contributed by atoms with E-state index in [-0.39, 0.29) is 12.3 Å². The first-order valence-electron chi connectivity index (χ1n) is 10.8. The van der Waals surface area contributed by atoms with Gasteiger partial charge in [0.05, 0.1) is 5.75 Å². The third-order valence-electron chi connectivity index (χ3n) is 5.31. The molecule has 0 bridgehead atoms. The van der Waals surface area contributed by atoms with Crippen LogP contribution >= 0.6 is 0 Å². The zero-order valence-electron chi connectivity index (χ0n) is 18.2. The lowest BCUT2D eigenvalue weighted by molar-refractivity contribution is 0.331. The minimum absolute atomic E-state index is 0.0221. The molecule has 1 saturated heterocycles. The van der Waals surface area contributed by atoms with E-state index in [0.717, 1.165) is 17.7 Å². The van der Waals surface area contributed by atoms with Crippen LogP contribution in [0, 0.1) is 0 Å². The van der Waals surface area contributed by atoms with Crippen LogP contribution in [0.1, 0.15) is 29.5 Å². The number of guanidine groups is 1. The summed E-state index contributed by atoms with van der Waals surface area (Å²) in [4.78, 5) is 6.66. The van der Waals surface area contributed by atoms with E-state index in [0.29, 0.717) is 19.0 Å². The molecule has 1 aliphatic heterocycles. The normalized spacial score (nSPS) is 15.2. The van der Waals surface area contributed by atoms with Crippen LogP contribution in [0.4, 0.5) is 0 Å². The smallest absolute Gasteiger partial charge is 0.213 e. The number of hydrogen-bond acceptors (Lipinski definition) is 4. The van der Waals surface area contributed by atoms with Crippen LogP contribution < -0.4 is 15.4 Å². The molecule has 0 amide bonds. The van der Waals surface area contributed by atoms with Gasteiger partial charge in [0.15, 0.2) is 5.96 Å². The van der Waals surface area contributed by atoms with Gasteiger partial charge in [-0.15, -0.1) is 0 Å². The Bertz CT molecular complexity index is 924. The summed E-state index contributed by atoms with van der Waals surface area (Å²) >= 11 is 0. The van der Waals surface area contributed by atoms with Crippen LogP contribution in [0.3, 0.4) is 0 Å². The predicted molar refractivity (Wildman–Crippen MR) is 126 cm³/mol. The second-order valence-corrected chi connectivity index (χ2v) is 9.70. The molecule has 3 N–H and O–H groups in total. The van der Waals surface area contributed by atoms with Crippen LogP contribution in [0.15, 0.2) is 59.6 Å². The number of nitrogens with one attached hydrogen (secondary N) is 3. The van der Waals surface area contributed by atoms with Crippen molar-refractivity contribution < 1.29 is 8.42 Å². The van der Waals surface area contributed by atoms with E-state index in [9.17, 15) is 8.42 Å². The molecule has 0 saturated carbocycles. The van der Waals surface area contributed by atoms with Gasteiger partial charge in [-0.2, -0.15) is 0 Å². The molecule has 0 aromatic heterocycles. The van der Waals surface area contributed by atoms with Gasteiger partial charge >= 0.3 is 0 Å². The Labute approximate surface area is 186 Å². The van der Waals surface area contributed by atoms with E-state index in [1.54, 1.807) is 7.05 Å². The molecular weight excluding hydrogens is 410 g/mol. The molecule has 0 spiro atoms. The van der Waals surface area contributed by atoms with Crippen molar-refractivity contribution in [2.24, 2.45) is 4.99 Å². The molecule has 8 heteroatoms. The minimum Gasteiger partial charge on any atom is -0.355 e. The quantitative estimate of drug-likeness (QED) is 0.387. The Kier molecular flexibility index (Phi) is 8.87. The van der Waals surface area contributed by atoms with Crippen molar-refractivity contribution in [1.29, 1.82) is 0 Å². The van der Waals surface area contributed by atoms with Gasteiger partial charge in [0, 0.05) is 33.2 Å². The molecule has 1 aliphatic rings. The van der Waals surface area contributed by atoms with E-state index in [1.807, 2.05) is 30.3 Å². The van der Waals surface area contributed by atoms with Gasteiger partial charge < -0.3 is 10.6 Å². The first-order valence-corrected chi connectivity index (χ1v) is 12.5. The highest BCUT2D eigenvalue weighted by molar-refractivity contribution is 7.89. The van der Waals surface area contributed by atoms with Gasteiger partial charge in [0.1, 0.15) is 0 Å². The SMILES string of the molecule is CN=C(NCCS(=O)(=O)NCc1ccccc1)NCc1ccc(CN2CCCC2)cc1. The molecule has 1 heterocycles. The molecule has 2 aromatic rings. The Morgan fingerprint density at radius 2 is 1.55 bits per heavy atom. The van der Waals surface area contributed by atoms with Crippen molar-refractivity contribution >= 4 is 16.0 Å². The third-order valence-corrected chi connectivity index (χ3v) is 6.64. The summed E-state index contributed by atoms with van der Waals surface area (Å²) in [5.41, 5.74) is 3.43. The van der Waals surface area contributed by atoms with Crippen LogP contribution in [0.2, 0.25) is 0 Å². The fourth-order valence-electron chi connectivity index (χ4n) is 3.53. The standard InChI is InChI=1S/C23H33N5O2S/c1-24-23(25-13-16-31(29,30)27-18-20-7-3-2-4-8-20)26-17-21-9-11-22(12-10-21)19-28-14-5-6-15-28/h2-4,7-12,27H,5-6,13-19H2,1H3,(H2,24,25,26). The van der Waals surface area contributed by atoms with Crippen molar-refractivity contribution in [3.8, 4) is 0 Å². The monoisotopic (exact) mass is 443 g/mol. The van der Waals surface area contributed by atoms with Gasteiger partial charge in [0.2, 0.25) is 10.0 Å². The lowest BCUT2D eigenvalue weighted by Crippen LogP contribution is -2.40. The maximum atomic E-state index is 12.2. The van der Waals surface area contributed by atoms with Gasteiger partial charge in [0.25, 0.3) is 0 Å². The molecular formula is C23H33N5O2S. The van der Waals surface area contributed by atoms with Crippen molar-refractivity contribution in [2.75, 3.05) is 32.4 Å². The molecule has 0 aliphatic carbocycles. The lowest BCUT2D eigenvalue weighted by Gasteiger charge is -2.15. The van der Waals surface area contributed by atoms with Crippen LogP contribution in [0.25, 0.3) is 0 Å². The van der Waals surface area contributed by atoms with Gasteiger partial charge in [-0.25, -0.2) is 13.1 Å². The molecule has 0 unspecified atom stereocenters. The average molecular weight is 444 g/mol. The summed E-state index contributed by atoms with van der Waals surface area (Å²) in [5, 5.41) is 6.30. The Morgan fingerprint density at radius 3 is 2.23 bits per heavy atom. The van der Waals surface area contributed by atoms with E-state index in [1.165, 1.54) is 31.5 Å². The molecule has 3 rings (SSSR count). The molecule has 0 atom stereocenters. The first-order chi connectivity index (χ1) is 15.0. The zero-order chi connectivity index (χ0) is 21.9. The predicted octanol–water partition coefficient (Wildman–Crippen LogP) is 2.07. The summed E-state index contributed by atoms with van der Waals surface area (Å²) < 4.78 is 27.0. The lowest BCUT2D eigenvalue weighted by atomic mass is 10.1. The second kappa shape index (κ2) is 11.8. The van der Waals surface area contributed by atoms with Crippen molar-refractivity contribution in [3.05, 3.63) is 71.3 Å². The summed E-state index contributed by atoms with van der Waals surface area (Å²) in [6.07, 6.45) is 2.61. The largest absolute Gasteiger partial charge is 0.355 e. The number of sulfonamides is 1. The summed E-state index contributed by atoms with van der Waals surface area (Å²) in [6.45, 7) is 4.61. The second-order valence-electron chi connectivity index (χ2n) is 7.78. The van der Waals surface area contributed by atoms with E-state index in [4.69, 9.17) is 0 Å². The number of benzene rings is 2. The van der Waals surface area contributed by atoms with Gasteiger partial charge in [-0.1, -0.05) is 54.6 Å². The van der Waals surface area contributed by atoms with Crippen molar-refractivity contribution in [1.82, 2.24) is 20.3 Å². The summed E-state index contributed by atoms with van der Waals surface area (Å²) in [5.74, 6) is 0.561. The highest BCUT2D eigenvalue weighted by Crippen LogP contribution is 2.13. The van der Waals surface area contributed by atoms with Crippen LogP contribution in [-0.2, 0) is 29.7 Å². The maximum Gasteiger partial charge on any atom is 0.213 e. The van der Waals surface area contributed by atoms with Crippen LogP contribution in [0.5, 0.6) is 0 Å².